The van der Waals surface area contributed by atoms with Crippen LogP contribution in [0.15, 0.2) is 24.3 Å². The van der Waals surface area contributed by atoms with Crippen LogP contribution >= 0.6 is 0 Å². The van der Waals surface area contributed by atoms with Crippen molar-refractivity contribution in [2.24, 2.45) is 5.41 Å². The zero-order valence-electron chi connectivity index (χ0n) is 8.59. The Morgan fingerprint density at radius 2 is 1.93 bits per heavy atom. The highest BCUT2D eigenvalue weighted by atomic mass is 16.3. The summed E-state index contributed by atoms with van der Waals surface area (Å²) in [5.41, 5.74) is 1.83. The summed E-state index contributed by atoms with van der Waals surface area (Å²) < 4.78 is 0. The Bertz CT molecular complexity index is 301. The molecule has 0 aromatic heterocycles. The van der Waals surface area contributed by atoms with E-state index in [9.17, 15) is 0 Å². The van der Waals surface area contributed by atoms with Gasteiger partial charge in [-0.2, -0.15) is 0 Å². The van der Waals surface area contributed by atoms with Crippen molar-refractivity contribution in [2.75, 3.05) is 13.6 Å². The molecule has 2 nitrogen and oxygen atoms in total. The number of phenols is 1. The first-order chi connectivity index (χ1) is 6.74. The van der Waals surface area contributed by atoms with E-state index in [0.29, 0.717) is 11.2 Å². The van der Waals surface area contributed by atoms with Gasteiger partial charge in [-0.1, -0.05) is 12.1 Å². The van der Waals surface area contributed by atoms with Gasteiger partial charge in [0.05, 0.1) is 0 Å². The van der Waals surface area contributed by atoms with Crippen LogP contribution in [0, 0.1) is 5.41 Å². The second-order valence-electron chi connectivity index (χ2n) is 4.37. The second-order valence-corrected chi connectivity index (χ2v) is 4.37. The molecule has 0 radical (unpaired) electrons. The smallest absolute Gasteiger partial charge is 0.115 e. The first-order valence-corrected chi connectivity index (χ1v) is 5.17. The van der Waals surface area contributed by atoms with Crippen molar-refractivity contribution in [3.63, 3.8) is 0 Å². The van der Waals surface area contributed by atoms with Gasteiger partial charge in [0.2, 0.25) is 0 Å². The van der Waals surface area contributed by atoms with E-state index in [0.717, 1.165) is 13.0 Å². The van der Waals surface area contributed by atoms with Crippen molar-refractivity contribution in [1.29, 1.82) is 0 Å². The molecule has 1 aromatic carbocycles. The van der Waals surface area contributed by atoms with Gasteiger partial charge >= 0.3 is 0 Å². The molecule has 1 aromatic rings. The monoisotopic (exact) mass is 191 g/mol. The summed E-state index contributed by atoms with van der Waals surface area (Å²) in [4.78, 5) is 0. The molecule has 0 amide bonds. The fraction of sp³-hybridized carbons (Fsp3) is 0.500. The van der Waals surface area contributed by atoms with Gasteiger partial charge in [0.25, 0.3) is 0 Å². The van der Waals surface area contributed by atoms with Gasteiger partial charge in [-0.3, -0.25) is 0 Å². The highest BCUT2D eigenvalue weighted by molar-refractivity contribution is 5.27. The maximum Gasteiger partial charge on any atom is 0.115 e. The van der Waals surface area contributed by atoms with Gasteiger partial charge in [0, 0.05) is 6.54 Å². The zero-order chi connectivity index (χ0) is 10.0. The molecule has 0 unspecified atom stereocenters. The Balaban J connectivity index is 2.00. The van der Waals surface area contributed by atoms with Crippen LogP contribution in [0.4, 0.5) is 0 Å². The van der Waals surface area contributed by atoms with E-state index in [4.69, 9.17) is 5.11 Å². The summed E-state index contributed by atoms with van der Waals surface area (Å²) in [6, 6.07) is 7.58. The highest BCUT2D eigenvalue weighted by Crippen LogP contribution is 2.47. The molecule has 0 spiro atoms. The number of hydrogen-bond acceptors (Lipinski definition) is 2. The molecule has 2 rings (SSSR count). The lowest BCUT2D eigenvalue weighted by Crippen LogP contribution is -2.21. The SMILES string of the molecule is CNCC1(Cc2ccc(O)cc2)CC1. The number of nitrogens with one attached hydrogen (secondary N) is 1. The number of phenolic OH excluding ortho intramolecular Hbond substituents is 1. The van der Waals surface area contributed by atoms with Crippen molar-refractivity contribution in [3.05, 3.63) is 29.8 Å². The molecule has 1 fully saturated rings. The van der Waals surface area contributed by atoms with Crippen LogP contribution in [0.3, 0.4) is 0 Å². The lowest BCUT2D eigenvalue weighted by Gasteiger charge is -2.14. The van der Waals surface area contributed by atoms with Crippen molar-refractivity contribution in [2.45, 2.75) is 19.3 Å². The van der Waals surface area contributed by atoms with E-state index >= 15 is 0 Å². The Labute approximate surface area is 85.0 Å². The molecule has 0 heterocycles. The lowest BCUT2D eigenvalue weighted by atomic mass is 9.96. The maximum absolute atomic E-state index is 9.16. The van der Waals surface area contributed by atoms with E-state index in [1.807, 2.05) is 19.2 Å². The summed E-state index contributed by atoms with van der Waals surface area (Å²) >= 11 is 0. The minimum atomic E-state index is 0.354. The van der Waals surface area contributed by atoms with Gasteiger partial charge in [0.1, 0.15) is 5.75 Å². The highest BCUT2D eigenvalue weighted by Gasteiger charge is 2.41. The third-order valence-corrected chi connectivity index (χ3v) is 3.02. The molecule has 2 N–H and O–H groups in total. The van der Waals surface area contributed by atoms with Gasteiger partial charge in [0.15, 0.2) is 0 Å². The number of hydrogen-bond donors (Lipinski definition) is 2. The van der Waals surface area contributed by atoms with E-state index < -0.39 is 0 Å². The summed E-state index contributed by atoms with van der Waals surface area (Å²) in [6.45, 7) is 1.11. The Morgan fingerprint density at radius 3 is 2.43 bits per heavy atom. The minimum Gasteiger partial charge on any atom is -0.508 e. The fourth-order valence-electron chi connectivity index (χ4n) is 2.01. The predicted molar refractivity (Wildman–Crippen MR) is 57.4 cm³/mol. The van der Waals surface area contributed by atoms with Crippen LogP contribution in [-0.2, 0) is 6.42 Å². The van der Waals surface area contributed by atoms with Crippen molar-refractivity contribution < 1.29 is 5.11 Å². The first kappa shape index (κ1) is 9.53. The van der Waals surface area contributed by atoms with Crippen LogP contribution in [0.5, 0.6) is 5.75 Å². The average Bonchev–Trinajstić information content (AvgIpc) is 2.90. The largest absolute Gasteiger partial charge is 0.508 e. The molecule has 0 aliphatic heterocycles. The molecule has 1 aliphatic carbocycles. The van der Waals surface area contributed by atoms with Crippen LogP contribution in [0.2, 0.25) is 0 Å². The molecule has 2 heteroatoms. The predicted octanol–water partition coefficient (Wildman–Crippen LogP) is 1.93. The van der Waals surface area contributed by atoms with Gasteiger partial charge < -0.3 is 10.4 Å². The van der Waals surface area contributed by atoms with Gasteiger partial charge in [-0.15, -0.1) is 0 Å². The number of rotatable bonds is 4. The lowest BCUT2D eigenvalue weighted by molar-refractivity contribution is 0.469. The Hall–Kier alpha value is -1.02. The van der Waals surface area contributed by atoms with Crippen LogP contribution in [0.1, 0.15) is 18.4 Å². The molecule has 1 aliphatic rings. The molecule has 0 saturated heterocycles. The van der Waals surface area contributed by atoms with E-state index in [2.05, 4.69) is 5.32 Å². The van der Waals surface area contributed by atoms with E-state index in [1.54, 1.807) is 12.1 Å². The summed E-state index contributed by atoms with van der Waals surface area (Å²) in [6.07, 6.45) is 3.79. The summed E-state index contributed by atoms with van der Waals surface area (Å²) in [5, 5.41) is 12.4. The topological polar surface area (TPSA) is 32.3 Å². The first-order valence-electron chi connectivity index (χ1n) is 5.17. The molecular weight excluding hydrogens is 174 g/mol. The minimum absolute atomic E-state index is 0.354. The maximum atomic E-state index is 9.16. The summed E-state index contributed by atoms with van der Waals surface area (Å²) in [5.74, 6) is 0.354. The third-order valence-electron chi connectivity index (χ3n) is 3.02. The van der Waals surface area contributed by atoms with Crippen LogP contribution in [-0.4, -0.2) is 18.7 Å². The van der Waals surface area contributed by atoms with Crippen LogP contribution < -0.4 is 5.32 Å². The molecular formula is C12H17NO. The molecule has 76 valence electrons. The molecule has 0 bridgehead atoms. The van der Waals surface area contributed by atoms with Gasteiger partial charge in [-0.05, 0) is 49.4 Å². The average molecular weight is 191 g/mol. The van der Waals surface area contributed by atoms with Crippen molar-refractivity contribution in [1.82, 2.24) is 5.32 Å². The zero-order valence-corrected chi connectivity index (χ0v) is 8.59. The normalized spacial score (nSPS) is 18.1. The molecule has 0 atom stereocenters. The Kier molecular flexibility index (Phi) is 2.46. The van der Waals surface area contributed by atoms with Crippen molar-refractivity contribution in [3.8, 4) is 5.75 Å². The van der Waals surface area contributed by atoms with Gasteiger partial charge in [-0.25, -0.2) is 0 Å². The molecule has 14 heavy (non-hydrogen) atoms. The van der Waals surface area contributed by atoms with E-state index in [1.165, 1.54) is 18.4 Å². The standard InChI is InChI=1S/C12H17NO/c1-13-9-12(6-7-12)8-10-2-4-11(14)5-3-10/h2-5,13-14H,6-9H2,1H3. The van der Waals surface area contributed by atoms with Crippen LogP contribution in [0.25, 0.3) is 0 Å². The fourth-order valence-corrected chi connectivity index (χ4v) is 2.01. The summed E-state index contributed by atoms with van der Waals surface area (Å²) in [7, 11) is 2.01. The second kappa shape index (κ2) is 3.62. The van der Waals surface area contributed by atoms with E-state index in [-0.39, 0.29) is 0 Å². The number of benzene rings is 1. The van der Waals surface area contributed by atoms with Crippen molar-refractivity contribution >= 4 is 0 Å². The molecule has 1 saturated carbocycles. The third kappa shape index (κ3) is 2.07. The quantitative estimate of drug-likeness (QED) is 0.762. The number of aromatic hydroxyl groups is 1. The Morgan fingerprint density at radius 1 is 1.29 bits per heavy atom.